The van der Waals surface area contributed by atoms with Crippen molar-refractivity contribution >= 4 is 5.97 Å². The monoisotopic (exact) mass is 171 g/mol. The molecule has 0 unspecified atom stereocenters. The Labute approximate surface area is 68.8 Å². The Hall–Kier alpha value is -1.43. The van der Waals surface area contributed by atoms with E-state index in [9.17, 15) is 4.79 Å². The van der Waals surface area contributed by atoms with Crippen molar-refractivity contribution in [2.75, 3.05) is 6.61 Å². The first-order valence-electron chi connectivity index (χ1n) is 3.45. The molecule has 6 nitrogen and oxygen atoms in total. The van der Waals surface area contributed by atoms with E-state index in [1.807, 2.05) is 0 Å². The van der Waals surface area contributed by atoms with Gasteiger partial charge in [-0.25, -0.2) is 14.5 Å². The number of ether oxygens (including phenoxy) is 1. The number of aliphatic hydroxyl groups excluding tert-OH is 1. The van der Waals surface area contributed by atoms with Crippen molar-refractivity contribution in [3.63, 3.8) is 0 Å². The smallest absolute Gasteiger partial charge is 0.378 e. The molecule has 0 amide bonds. The average molecular weight is 171 g/mol. The van der Waals surface area contributed by atoms with Gasteiger partial charge in [0.25, 0.3) is 5.82 Å². The second-order valence-corrected chi connectivity index (χ2v) is 1.97. The van der Waals surface area contributed by atoms with Crippen LogP contribution in [-0.2, 0) is 11.5 Å². The maximum Gasteiger partial charge on any atom is 0.378 e. The maximum atomic E-state index is 10.9. The molecule has 6 heteroatoms. The zero-order chi connectivity index (χ0) is 8.97. The number of aliphatic hydroxyl groups is 1. The SMILES string of the molecule is CCOC(=O)c1ncn(CO)n1. The van der Waals surface area contributed by atoms with Crippen LogP contribution in [0.15, 0.2) is 6.33 Å². The van der Waals surface area contributed by atoms with E-state index in [1.165, 1.54) is 6.33 Å². The van der Waals surface area contributed by atoms with Crippen LogP contribution in [0.3, 0.4) is 0 Å². The van der Waals surface area contributed by atoms with Crippen molar-refractivity contribution in [1.29, 1.82) is 0 Å². The number of hydrogen-bond acceptors (Lipinski definition) is 5. The number of esters is 1. The fourth-order valence-corrected chi connectivity index (χ4v) is 0.652. The Morgan fingerprint density at radius 2 is 2.58 bits per heavy atom. The topological polar surface area (TPSA) is 77.2 Å². The van der Waals surface area contributed by atoms with Gasteiger partial charge in [0.15, 0.2) is 0 Å². The second-order valence-electron chi connectivity index (χ2n) is 1.97. The van der Waals surface area contributed by atoms with Crippen molar-refractivity contribution in [2.45, 2.75) is 13.7 Å². The van der Waals surface area contributed by atoms with E-state index in [1.54, 1.807) is 6.92 Å². The molecule has 0 saturated heterocycles. The van der Waals surface area contributed by atoms with Crippen LogP contribution in [0.2, 0.25) is 0 Å². The van der Waals surface area contributed by atoms with E-state index in [4.69, 9.17) is 5.11 Å². The molecule has 1 N–H and O–H groups in total. The Balaban J connectivity index is 2.68. The minimum atomic E-state index is -0.579. The summed E-state index contributed by atoms with van der Waals surface area (Å²) >= 11 is 0. The molecule has 0 saturated carbocycles. The Bertz CT molecular complexity index is 271. The van der Waals surface area contributed by atoms with E-state index in [2.05, 4.69) is 14.8 Å². The van der Waals surface area contributed by atoms with Crippen LogP contribution in [-0.4, -0.2) is 32.4 Å². The summed E-state index contributed by atoms with van der Waals surface area (Å²) in [6, 6.07) is 0. The lowest BCUT2D eigenvalue weighted by atomic mass is 10.6. The van der Waals surface area contributed by atoms with Crippen molar-refractivity contribution in [3.8, 4) is 0 Å². The molecule has 1 rings (SSSR count). The quantitative estimate of drug-likeness (QED) is 0.615. The van der Waals surface area contributed by atoms with Crippen molar-refractivity contribution in [2.24, 2.45) is 0 Å². The molecule has 1 heterocycles. The zero-order valence-electron chi connectivity index (χ0n) is 6.60. The molecule has 0 aliphatic carbocycles. The van der Waals surface area contributed by atoms with Gasteiger partial charge in [0.1, 0.15) is 13.1 Å². The van der Waals surface area contributed by atoms with Crippen LogP contribution < -0.4 is 0 Å². The molecular formula is C6H9N3O3. The molecule has 0 fully saturated rings. The van der Waals surface area contributed by atoms with Gasteiger partial charge in [0.05, 0.1) is 6.61 Å². The summed E-state index contributed by atoms with van der Waals surface area (Å²) in [6.45, 7) is 1.68. The fraction of sp³-hybridized carbons (Fsp3) is 0.500. The standard InChI is InChI=1S/C6H9N3O3/c1-2-12-6(11)5-7-3-9(4-10)8-5/h3,10H,2,4H2,1H3. The number of aromatic nitrogens is 3. The van der Waals surface area contributed by atoms with E-state index >= 15 is 0 Å². The molecule has 1 aromatic rings. The third-order valence-corrected chi connectivity index (χ3v) is 1.14. The summed E-state index contributed by atoms with van der Waals surface area (Å²) in [5.74, 6) is -0.615. The number of carbonyl (C=O) groups excluding carboxylic acids is 1. The number of hydrogen-bond donors (Lipinski definition) is 1. The van der Waals surface area contributed by atoms with Gasteiger partial charge in [-0.1, -0.05) is 0 Å². The molecule has 0 aliphatic heterocycles. The summed E-state index contributed by atoms with van der Waals surface area (Å²) < 4.78 is 5.76. The van der Waals surface area contributed by atoms with Gasteiger partial charge in [0.2, 0.25) is 0 Å². The van der Waals surface area contributed by atoms with E-state index in [0.717, 1.165) is 4.68 Å². The van der Waals surface area contributed by atoms with Crippen LogP contribution in [0.5, 0.6) is 0 Å². The zero-order valence-corrected chi connectivity index (χ0v) is 6.60. The minimum absolute atomic E-state index is 0.0362. The van der Waals surface area contributed by atoms with Gasteiger partial charge in [-0.3, -0.25) is 0 Å². The van der Waals surface area contributed by atoms with Gasteiger partial charge in [0, 0.05) is 0 Å². The van der Waals surface area contributed by atoms with Gasteiger partial charge >= 0.3 is 5.97 Å². The third-order valence-electron chi connectivity index (χ3n) is 1.14. The molecule has 0 atom stereocenters. The number of nitrogens with zero attached hydrogens (tertiary/aromatic N) is 3. The Morgan fingerprint density at radius 1 is 1.83 bits per heavy atom. The van der Waals surface area contributed by atoms with E-state index < -0.39 is 5.97 Å². The lowest BCUT2D eigenvalue weighted by Crippen LogP contribution is -2.08. The van der Waals surface area contributed by atoms with Crippen LogP contribution >= 0.6 is 0 Å². The summed E-state index contributed by atoms with van der Waals surface area (Å²) in [7, 11) is 0. The molecule has 66 valence electrons. The number of carbonyl (C=O) groups is 1. The molecule has 0 spiro atoms. The summed E-state index contributed by atoms with van der Waals surface area (Å²) in [4.78, 5) is 14.6. The Kier molecular flexibility index (Phi) is 2.76. The highest BCUT2D eigenvalue weighted by molar-refractivity contribution is 5.84. The summed E-state index contributed by atoms with van der Waals surface area (Å²) in [6.07, 6.45) is 1.26. The molecule has 1 aromatic heterocycles. The normalized spacial score (nSPS) is 9.83. The molecule has 12 heavy (non-hydrogen) atoms. The number of rotatable bonds is 3. The summed E-state index contributed by atoms with van der Waals surface area (Å²) in [5, 5.41) is 12.2. The molecular weight excluding hydrogens is 162 g/mol. The molecule has 0 aliphatic rings. The highest BCUT2D eigenvalue weighted by Gasteiger charge is 2.11. The molecule has 0 radical (unpaired) electrons. The van der Waals surface area contributed by atoms with Gasteiger partial charge in [-0.15, -0.1) is 5.10 Å². The lowest BCUT2D eigenvalue weighted by Gasteiger charge is -1.94. The molecule has 0 aromatic carbocycles. The summed E-state index contributed by atoms with van der Waals surface area (Å²) in [5.41, 5.74) is 0. The first-order valence-corrected chi connectivity index (χ1v) is 3.45. The van der Waals surface area contributed by atoms with Crippen LogP contribution in [0.1, 0.15) is 17.5 Å². The minimum Gasteiger partial charge on any atom is -0.460 e. The fourth-order valence-electron chi connectivity index (χ4n) is 0.652. The van der Waals surface area contributed by atoms with Crippen LogP contribution in [0, 0.1) is 0 Å². The van der Waals surface area contributed by atoms with Gasteiger partial charge < -0.3 is 9.84 Å². The van der Waals surface area contributed by atoms with Crippen LogP contribution in [0.25, 0.3) is 0 Å². The predicted molar refractivity (Wildman–Crippen MR) is 38.2 cm³/mol. The van der Waals surface area contributed by atoms with Crippen molar-refractivity contribution in [3.05, 3.63) is 12.2 Å². The third kappa shape index (κ3) is 1.79. The Morgan fingerprint density at radius 3 is 3.08 bits per heavy atom. The average Bonchev–Trinajstić information content (AvgIpc) is 2.52. The van der Waals surface area contributed by atoms with Crippen molar-refractivity contribution < 1.29 is 14.6 Å². The highest BCUT2D eigenvalue weighted by Crippen LogP contribution is 1.92. The highest BCUT2D eigenvalue weighted by atomic mass is 16.5. The lowest BCUT2D eigenvalue weighted by molar-refractivity contribution is 0.0510. The molecule has 0 bridgehead atoms. The first-order chi connectivity index (χ1) is 5.77. The maximum absolute atomic E-state index is 10.9. The van der Waals surface area contributed by atoms with Crippen molar-refractivity contribution in [1.82, 2.24) is 14.8 Å². The van der Waals surface area contributed by atoms with Gasteiger partial charge in [-0.05, 0) is 6.92 Å². The van der Waals surface area contributed by atoms with Gasteiger partial charge in [-0.2, -0.15) is 0 Å². The largest absolute Gasteiger partial charge is 0.460 e. The predicted octanol–water partition coefficient (Wildman–Crippen LogP) is -0.595. The second kappa shape index (κ2) is 3.82. The first kappa shape index (κ1) is 8.66. The van der Waals surface area contributed by atoms with E-state index in [-0.39, 0.29) is 19.2 Å². The van der Waals surface area contributed by atoms with E-state index in [0.29, 0.717) is 0 Å². The van der Waals surface area contributed by atoms with Crippen LogP contribution in [0.4, 0.5) is 0 Å².